The molecule has 0 saturated carbocycles. The lowest BCUT2D eigenvalue weighted by Gasteiger charge is -2.10. The Bertz CT molecular complexity index is 717. The molecule has 0 unspecified atom stereocenters. The fourth-order valence-electron chi connectivity index (χ4n) is 2.59. The normalized spacial score (nSPS) is 13.9. The number of thiazole rings is 1. The molecule has 1 aromatic carbocycles. The van der Waals surface area contributed by atoms with E-state index < -0.39 is 0 Å². The molecule has 2 heterocycles. The number of aromatic nitrogens is 1. The van der Waals surface area contributed by atoms with Crippen LogP contribution in [0.25, 0.3) is 0 Å². The molecule has 1 saturated heterocycles. The molecule has 132 valence electrons. The molecule has 2 amide bonds. The van der Waals surface area contributed by atoms with E-state index in [9.17, 15) is 9.59 Å². The van der Waals surface area contributed by atoms with Crippen molar-refractivity contribution in [1.82, 2.24) is 10.3 Å². The van der Waals surface area contributed by atoms with E-state index in [1.807, 2.05) is 35.7 Å². The van der Waals surface area contributed by atoms with Crippen LogP contribution in [-0.4, -0.2) is 36.5 Å². The van der Waals surface area contributed by atoms with Crippen LogP contribution < -0.4 is 15.0 Å². The van der Waals surface area contributed by atoms with Gasteiger partial charge in [0, 0.05) is 24.9 Å². The number of para-hydroxylation sites is 1. The van der Waals surface area contributed by atoms with Crippen molar-refractivity contribution >= 4 is 28.3 Å². The zero-order valence-corrected chi connectivity index (χ0v) is 14.8. The standard InChI is InChI=1S/C18H21N3O3S/c22-16(19-9-5-11-24-15-6-2-1-3-7-15)12-14-13-25-18(20-14)21-10-4-8-17(21)23/h1-3,6-7,13H,4-5,8-12H2,(H,19,22). The minimum absolute atomic E-state index is 0.0655. The lowest BCUT2D eigenvalue weighted by Crippen LogP contribution is -2.27. The van der Waals surface area contributed by atoms with Crippen LogP contribution in [0.1, 0.15) is 25.0 Å². The number of rotatable bonds is 8. The molecule has 25 heavy (non-hydrogen) atoms. The van der Waals surface area contributed by atoms with Gasteiger partial charge in [-0.05, 0) is 25.0 Å². The van der Waals surface area contributed by atoms with Crippen LogP contribution in [0.5, 0.6) is 5.75 Å². The van der Waals surface area contributed by atoms with E-state index in [2.05, 4.69) is 10.3 Å². The molecule has 0 spiro atoms. The fourth-order valence-corrected chi connectivity index (χ4v) is 3.45. The predicted molar refractivity (Wildman–Crippen MR) is 97.0 cm³/mol. The summed E-state index contributed by atoms with van der Waals surface area (Å²) in [5, 5.41) is 5.41. The number of nitrogens with zero attached hydrogens (tertiary/aromatic N) is 2. The molecule has 0 aliphatic carbocycles. The van der Waals surface area contributed by atoms with Crippen LogP contribution in [0.3, 0.4) is 0 Å². The van der Waals surface area contributed by atoms with Gasteiger partial charge in [0.1, 0.15) is 5.75 Å². The van der Waals surface area contributed by atoms with Crippen LogP contribution in [0, 0.1) is 0 Å². The van der Waals surface area contributed by atoms with Crippen molar-refractivity contribution < 1.29 is 14.3 Å². The van der Waals surface area contributed by atoms with Crippen molar-refractivity contribution in [3.05, 3.63) is 41.4 Å². The molecule has 0 bridgehead atoms. The highest BCUT2D eigenvalue weighted by atomic mass is 32.1. The Kier molecular flexibility index (Phi) is 6.00. The largest absolute Gasteiger partial charge is 0.494 e. The molecule has 1 aliphatic heterocycles. The van der Waals surface area contributed by atoms with Crippen LogP contribution in [0.15, 0.2) is 35.7 Å². The van der Waals surface area contributed by atoms with Crippen molar-refractivity contribution in [3.8, 4) is 5.75 Å². The van der Waals surface area contributed by atoms with E-state index in [0.717, 1.165) is 25.1 Å². The Morgan fingerprint density at radius 1 is 1.32 bits per heavy atom. The third kappa shape index (κ3) is 5.03. The van der Waals surface area contributed by atoms with E-state index >= 15 is 0 Å². The summed E-state index contributed by atoms with van der Waals surface area (Å²) in [5.74, 6) is 0.883. The SMILES string of the molecule is O=C(Cc1csc(N2CCCC2=O)n1)NCCCOc1ccccc1. The highest BCUT2D eigenvalue weighted by molar-refractivity contribution is 7.14. The maximum atomic E-state index is 12.0. The molecule has 0 atom stereocenters. The Morgan fingerprint density at radius 2 is 2.16 bits per heavy atom. The lowest BCUT2D eigenvalue weighted by atomic mass is 10.3. The summed E-state index contributed by atoms with van der Waals surface area (Å²) in [7, 11) is 0. The molecule has 1 fully saturated rings. The molecule has 1 aromatic heterocycles. The monoisotopic (exact) mass is 359 g/mol. The van der Waals surface area contributed by atoms with Crippen molar-refractivity contribution in [3.63, 3.8) is 0 Å². The number of carbonyl (C=O) groups excluding carboxylic acids is 2. The van der Waals surface area contributed by atoms with E-state index in [-0.39, 0.29) is 18.2 Å². The van der Waals surface area contributed by atoms with Crippen LogP contribution in [0.4, 0.5) is 5.13 Å². The number of anilines is 1. The molecule has 1 N–H and O–H groups in total. The first-order valence-corrected chi connectivity index (χ1v) is 9.29. The lowest BCUT2D eigenvalue weighted by molar-refractivity contribution is -0.120. The van der Waals surface area contributed by atoms with Crippen molar-refractivity contribution in [2.75, 3.05) is 24.6 Å². The zero-order valence-electron chi connectivity index (χ0n) is 13.9. The highest BCUT2D eigenvalue weighted by Gasteiger charge is 2.24. The van der Waals surface area contributed by atoms with Gasteiger partial charge in [-0.2, -0.15) is 0 Å². The Morgan fingerprint density at radius 3 is 2.92 bits per heavy atom. The first kappa shape index (κ1) is 17.4. The zero-order chi connectivity index (χ0) is 17.5. The minimum Gasteiger partial charge on any atom is -0.494 e. The molecule has 1 aliphatic rings. The first-order chi connectivity index (χ1) is 12.2. The van der Waals surface area contributed by atoms with Crippen molar-refractivity contribution in [2.24, 2.45) is 0 Å². The topological polar surface area (TPSA) is 71.5 Å². The minimum atomic E-state index is -0.0655. The van der Waals surface area contributed by atoms with Crippen LogP contribution in [0.2, 0.25) is 0 Å². The number of hydrogen-bond donors (Lipinski definition) is 1. The molecule has 7 heteroatoms. The number of carbonyl (C=O) groups is 2. The number of benzene rings is 1. The van der Waals surface area contributed by atoms with Gasteiger partial charge in [-0.3, -0.25) is 14.5 Å². The van der Waals surface area contributed by atoms with Gasteiger partial charge in [0.05, 0.1) is 18.7 Å². The summed E-state index contributed by atoms with van der Waals surface area (Å²) in [4.78, 5) is 29.8. The van der Waals surface area contributed by atoms with Gasteiger partial charge in [0.25, 0.3) is 0 Å². The van der Waals surface area contributed by atoms with E-state index in [4.69, 9.17) is 4.74 Å². The quantitative estimate of drug-likeness (QED) is 0.735. The maximum Gasteiger partial charge on any atom is 0.228 e. The Balaban J connectivity index is 1.35. The molecular formula is C18H21N3O3S. The summed E-state index contributed by atoms with van der Waals surface area (Å²) in [5.41, 5.74) is 0.706. The molecular weight excluding hydrogens is 338 g/mol. The second-order valence-corrected chi connectivity index (χ2v) is 6.65. The average Bonchev–Trinajstić information content (AvgIpc) is 3.24. The first-order valence-electron chi connectivity index (χ1n) is 8.42. The van der Waals surface area contributed by atoms with Gasteiger partial charge < -0.3 is 10.1 Å². The van der Waals surface area contributed by atoms with Gasteiger partial charge in [-0.15, -0.1) is 11.3 Å². The third-order valence-corrected chi connectivity index (χ3v) is 4.75. The van der Waals surface area contributed by atoms with Gasteiger partial charge in [-0.25, -0.2) is 4.98 Å². The van der Waals surface area contributed by atoms with Gasteiger partial charge in [0.15, 0.2) is 5.13 Å². The Hall–Kier alpha value is -2.41. The smallest absolute Gasteiger partial charge is 0.228 e. The summed E-state index contributed by atoms with van der Waals surface area (Å²) in [6, 6.07) is 9.60. The summed E-state index contributed by atoms with van der Waals surface area (Å²) in [6.45, 7) is 1.84. The Labute approximate surface area is 150 Å². The van der Waals surface area contributed by atoms with Crippen molar-refractivity contribution in [2.45, 2.75) is 25.7 Å². The number of nitrogens with one attached hydrogen (secondary N) is 1. The van der Waals surface area contributed by atoms with Crippen molar-refractivity contribution in [1.29, 1.82) is 0 Å². The fraction of sp³-hybridized carbons (Fsp3) is 0.389. The second kappa shape index (κ2) is 8.62. The average molecular weight is 359 g/mol. The van der Waals surface area contributed by atoms with Crippen LogP contribution >= 0.6 is 11.3 Å². The van der Waals surface area contributed by atoms with Gasteiger partial charge >= 0.3 is 0 Å². The van der Waals surface area contributed by atoms with E-state index in [0.29, 0.717) is 30.4 Å². The number of amides is 2. The molecule has 3 rings (SSSR count). The summed E-state index contributed by atoms with van der Waals surface area (Å²) >= 11 is 1.42. The van der Waals surface area contributed by atoms with Gasteiger partial charge in [-0.1, -0.05) is 18.2 Å². The summed E-state index contributed by atoms with van der Waals surface area (Å²) in [6.07, 6.45) is 2.43. The number of ether oxygens (including phenoxy) is 1. The molecule has 6 nitrogen and oxygen atoms in total. The molecule has 0 radical (unpaired) electrons. The second-order valence-electron chi connectivity index (χ2n) is 5.81. The molecule has 2 aromatic rings. The maximum absolute atomic E-state index is 12.0. The van der Waals surface area contributed by atoms with Gasteiger partial charge in [0.2, 0.25) is 11.8 Å². The number of hydrogen-bond acceptors (Lipinski definition) is 5. The predicted octanol–water partition coefficient (Wildman–Crippen LogP) is 2.40. The highest BCUT2D eigenvalue weighted by Crippen LogP contribution is 2.25. The van der Waals surface area contributed by atoms with E-state index in [1.165, 1.54) is 11.3 Å². The third-order valence-electron chi connectivity index (χ3n) is 3.84. The van der Waals surface area contributed by atoms with E-state index in [1.54, 1.807) is 4.90 Å². The summed E-state index contributed by atoms with van der Waals surface area (Å²) < 4.78 is 5.58. The van der Waals surface area contributed by atoms with Crippen LogP contribution in [-0.2, 0) is 16.0 Å².